The molecule has 0 unspecified atom stereocenters. The molecule has 1 aromatic rings. The lowest BCUT2D eigenvalue weighted by atomic mass is 10.1. The van der Waals surface area contributed by atoms with Crippen molar-refractivity contribution in [1.29, 1.82) is 0 Å². The minimum Gasteiger partial charge on any atom is -0.338 e. The van der Waals surface area contributed by atoms with Crippen LogP contribution in [-0.2, 0) is 16.1 Å². The lowest BCUT2D eigenvalue weighted by molar-refractivity contribution is -0.130. The molecule has 1 saturated heterocycles. The maximum Gasteiger partial charge on any atom is 0.246 e. The summed E-state index contributed by atoms with van der Waals surface area (Å²) in [6.45, 7) is 4.43. The number of anilines is 1. The van der Waals surface area contributed by atoms with Gasteiger partial charge >= 0.3 is 0 Å². The number of pyridine rings is 1. The van der Waals surface area contributed by atoms with E-state index in [4.69, 9.17) is 5.73 Å². The van der Waals surface area contributed by atoms with Crippen LogP contribution >= 0.6 is 0 Å². The number of nitrogens with two attached hydrogens (primary N) is 1. The summed E-state index contributed by atoms with van der Waals surface area (Å²) in [5, 5.41) is 2.27. The average Bonchev–Trinajstić information content (AvgIpc) is 2.26. The van der Waals surface area contributed by atoms with E-state index in [-0.39, 0.29) is 24.9 Å². The first-order valence-electron chi connectivity index (χ1n) is 5.76. The molecule has 96 valence electrons. The maximum absolute atomic E-state index is 11.4. The van der Waals surface area contributed by atoms with Crippen molar-refractivity contribution in [2.75, 3.05) is 18.0 Å². The molecule has 1 aliphatic rings. The lowest BCUT2D eigenvalue weighted by Crippen LogP contribution is -2.52. The molecule has 0 aliphatic carbocycles. The third-order valence-corrected chi connectivity index (χ3v) is 2.91. The second-order valence-corrected chi connectivity index (χ2v) is 4.41. The molecule has 1 fully saturated rings. The zero-order valence-electron chi connectivity index (χ0n) is 10.5. The topological polar surface area (TPSA) is 88.3 Å². The fraction of sp³-hybridized carbons (Fsp3) is 0.417. The third-order valence-electron chi connectivity index (χ3n) is 2.91. The highest BCUT2D eigenvalue weighted by Crippen LogP contribution is 2.22. The molecule has 0 radical (unpaired) electrons. The van der Waals surface area contributed by atoms with Gasteiger partial charge in [-0.3, -0.25) is 14.9 Å². The van der Waals surface area contributed by atoms with Crippen LogP contribution in [0.1, 0.15) is 16.8 Å². The number of rotatable bonds is 2. The van der Waals surface area contributed by atoms with E-state index in [1.54, 1.807) is 4.90 Å². The zero-order valence-corrected chi connectivity index (χ0v) is 10.5. The predicted octanol–water partition coefficient (Wildman–Crippen LogP) is -0.380. The van der Waals surface area contributed by atoms with Gasteiger partial charge in [0.15, 0.2) is 0 Å². The van der Waals surface area contributed by atoms with E-state index < -0.39 is 0 Å². The van der Waals surface area contributed by atoms with Gasteiger partial charge in [-0.25, -0.2) is 4.98 Å². The normalized spacial score (nSPS) is 15.8. The number of imide groups is 1. The van der Waals surface area contributed by atoms with Crippen molar-refractivity contribution in [1.82, 2.24) is 10.3 Å². The first kappa shape index (κ1) is 12.5. The molecule has 0 atom stereocenters. The molecule has 0 saturated carbocycles. The second kappa shape index (κ2) is 4.73. The SMILES string of the molecule is Cc1cc(C)c(CN)c(N2CC(=O)NC(=O)C2)n1. The van der Waals surface area contributed by atoms with Crippen molar-refractivity contribution >= 4 is 17.6 Å². The van der Waals surface area contributed by atoms with Crippen molar-refractivity contribution in [3.05, 3.63) is 22.9 Å². The van der Waals surface area contributed by atoms with Crippen LogP contribution in [0.2, 0.25) is 0 Å². The summed E-state index contributed by atoms with van der Waals surface area (Å²) >= 11 is 0. The number of aryl methyl sites for hydroxylation is 2. The summed E-state index contributed by atoms with van der Waals surface area (Å²) in [6.07, 6.45) is 0. The van der Waals surface area contributed by atoms with Crippen LogP contribution in [0.5, 0.6) is 0 Å². The Morgan fingerprint density at radius 1 is 1.33 bits per heavy atom. The van der Waals surface area contributed by atoms with E-state index in [0.717, 1.165) is 16.8 Å². The molecule has 1 aromatic heterocycles. The standard InChI is InChI=1S/C12H16N4O2/c1-7-3-8(2)14-12(9(7)4-13)16-5-10(17)15-11(18)6-16/h3H,4-6,13H2,1-2H3,(H,15,17,18). The van der Waals surface area contributed by atoms with E-state index in [1.807, 2.05) is 19.9 Å². The van der Waals surface area contributed by atoms with Gasteiger partial charge in [0.2, 0.25) is 11.8 Å². The molecule has 2 amide bonds. The number of hydrogen-bond acceptors (Lipinski definition) is 5. The Morgan fingerprint density at radius 3 is 2.50 bits per heavy atom. The number of amides is 2. The fourth-order valence-electron chi connectivity index (χ4n) is 2.14. The van der Waals surface area contributed by atoms with Crippen LogP contribution in [0.3, 0.4) is 0 Å². The molecule has 1 aliphatic heterocycles. The van der Waals surface area contributed by atoms with Gasteiger partial charge in [-0.1, -0.05) is 0 Å². The van der Waals surface area contributed by atoms with Gasteiger partial charge < -0.3 is 10.6 Å². The molecule has 18 heavy (non-hydrogen) atoms. The van der Waals surface area contributed by atoms with E-state index in [9.17, 15) is 9.59 Å². The largest absolute Gasteiger partial charge is 0.338 e. The predicted molar refractivity (Wildman–Crippen MR) is 67.0 cm³/mol. The smallest absolute Gasteiger partial charge is 0.246 e. The minimum atomic E-state index is -0.310. The third kappa shape index (κ3) is 2.33. The number of piperazine rings is 1. The highest BCUT2D eigenvalue weighted by molar-refractivity contribution is 6.02. The molecular weight excluding hydrogens is 232 g/mol. The Balaban J connectivity index is 2.43. The van der Waals surface area contributed by atoms with Crippen molar-refractivity contribution < 1.29 is 9.59 Å². The monoisotopic (exact) mass is 248 g/mol. The molecule has 0 aromatic carbocycles. The number of nitrogens with one attached hydrogen (secondary N) is 1. The summed E-state index contributed by atoms with van der Waals surface area (Å²) in [5.74, 6) is 0.0172. The Morgan fingerprint density at radius 2 is 1.94 bits per heavy atom. The number of aromatic nitrogens is 1. The molecule has 2 rings (SSSR count). The van der Waals surface area contributed by atoms with Gasteiger partial charge in [-0.15, -0.1) is 0 Å². The van der Waals surface area contributed by atoms with E-state index in [2.05, 4.69) is 10.3 Å². The molecule has 0 bridgehead atoms. The van der Waals surface area contributed by atoms with Crippen LogP contribution in [-0.4, -0.2) is 29.9 Å². The number of hydrogen-bond donors (Lipinski definition) is 2. The Labute approximate surface area is 105 Å². The Hall–Kier alpha value is -1.95. The number of nitrogens with zero attached hydrogens (tertiary/aromatic N) is 2. The van der Waals surface area contributed by atoms with Crippen LogP contribution < -0.4 is 16.0 Å². The van der Waals surface area contributed by atoms with Gasteiger partial charge in [0, 0.05) is 17.8 Å². The molecular formula is C12H16N4O2. The fourth-order valence-corrected chi connectivity index (χ4v) is 2.14. The molecule has 6 nitrogen and oxygen atoms in total. The highest BCUT2D eigenvalue weighted by atomic mass is 16.2. The Bertz CT molecular complexity index is 497. The summed E-state index contributed by atoms with van der Waals surface area (Å²) < 4.78 is 0. The van der Waals surface area contributed by atoms with Crippen LogP contribution in [0.15, 0.2) is 6.07 Å². The summed E-state index contributed by atoms with van der Waals surface area (Å²) in [6, 6.07) is 1.94. The number of carbonyl (C=O) groups excluding carboxylic acids is 2. The Kier molecular flexibility index (Phi) is 3.29. The molecule has 6 heteroatoms. The van der Waals surface area contributed by atoms with Crippen molar-refractivity contribution in [2.24, 2.45) is 5.73 Å². The van der Waals surface area contributed by atoms with Gasteiger partial charge in [0.1, 0.15) is 5.82 Å². The number of carbonyl (C=O) groups is 2. The van der Waals surface area contributed by atoms with Crippen molar-refractivity contribution in [3.8, 4) is 0 Å². The second-order valence-electron chi connectivity index (χ2n) is 4.41. The zero-order chi connectivity index (χ0) is 13.3. The molecule has 0 spiro atoms. The first-order chi connectivity index (χ1) is 8.51. The van der Waals surface area contributed by atoms with E-state index >= 15 is 0 Å². The first-order valence-corrected chi connectivity index (χ1v) is 5.76. The van der Waals surface area contributed by atoms with Crippen molar-refractivity contribution in [2.45, 2.75) is 20.4 Å². The maximum atomic E-state index is 11.4. The molecule has 3 N–H and O–H groups in total. The summed E-state index contributed by atoms with van der Waals surface area (Å²) in [4.78, 5) is 28.9. The van der Waals surface area contributed by atoms with Crippen molar-refractivity contribution in [3.63, 3.8) is 0 Å². The summed E-state index contributed by atoms with van der Waals surface area (Å²) in [5.41, 5.74) is 8.48. The van der Waals surface area contributed by atoms with Gasteiger partial charge in [0.25, 0.3) is 0 Å². The van der Waals surface area contributed by atoms with Crippen LogP contribution in [0.4, 0.5) is 5.82 Å². The average molecular weight is 248 g/mol. The quantitative estimate of drug-likeness (QED) is 0.696. The lowest BCUT2D eigenvalue weighted by Gasteiger charge is -2.28. The highest BCUT2D eigenvalue weighted by Gasteiger charge is 2.25. The van der Waals surface area contributed by atoms with Gasteiger partial charge in [-0.2, -0.15) is 0 Å². The van der Waals surface area contributed by atoms with E-state index in [0.29, 0.717) is 12.4 Å². The van der Waals surface area contributed by atoms with E-state index in [1.165, 1.54) is 0 Å². The van der Waals surface area contributed by atoms with Gasteiger partial charge in [-0.05, 0) is 25.5 Å². The molecule has 2 heterocycles. The summed E-state index contributed by atoms with van der Waals surface area (Å²) in [7, 11) is 0. The van der Waals surface area contributed by atoms with Crippen LogP contribution in [0.25, 0.3) is 0 Å². The minimum absolute atomic E-state index is 0.134. The van der Waals surface area contributed by atoms with Crippen LogP contribution in [0, 0.1) is 13.8 Å². The van der Waals surface area contributed by atoms with Gasteiger partial charge in [0.05, 0.1) is 13.1 Å².